The van der Waals surface area contributed by atoms with E-state index < -0.39 is 11.6 Å². The molecule has 0 unspecified atom stereocenters. The van der Waals surface area contributed by atoms with Crippen LogP contribution in [0.2, 0.25) is 0 Å². The van der Waals surface area contributed by atoms with Gasteiger partial charge in [-0.3, -0.25) is 0 Å². The van der Waals surface area contributed by atoms with E-state index in [0.717, 1.165) is 18.2 Å². The number of nitrogens with one attached hydrogen (secondary N) is 1. The number of anilines is 3. The maximum absolute atomic E-state index is 13.0. The van der Waals surface area contributed by atoms with Crippen LogP contribution in [0.15, 0.2) is 24.3 Å². The molecule has 94 valence electrons. The number of halogens is 2. The molecule has 18 heavy (non-hydrogen) atoms. The number of nitrogens with two attached hydrogens (primary N) is 1. The van der Waals surface area contributed by atoms with Crippen LogP contribution in [0.5, 0.6) is 5.88 Å². The zero-order chi connectivity index (χ0) is 13.1. The molecule has 0 fully saturated rings. The molecule has 1 aromatic carbocycles. The molecule has 3 N–H and O–H groups in total. The Labute approximate surface area is 102 Å². The minimum Gasteiger partial charge on any atom is -0.481 e. The third-order valence-corrected chi connectivity index (χ3v) is 2.06. The lowest BCUT2D eigenvalue weighted by atomic mass is 10.3. The van der Waals surface area contributed by atoms with E-state index in [4.69, 9.17) is 10.5 Å². The van der Waals surface area contributed by atoms with Crippen molar-refractivity contribution in [2.45, 2.75) is 0 Å². The summed E-state index contributed by atoms with van der Waals surface area (Å²) in [6, 6.07) is 4.50. The van der Waals surface area contributed by atoms with E-state index in [1.54, 1.807) is 0 Å². The van der Waals surface area contributed by atoms with E-state index in [0.29, 0.717) is 0 Å². The zero-order valence-corrected chi connectivity index (χ0v) is 9.45. The van der Waals surface area contributed by atoms with Gasteiger partial charge in [0.2, 0.25) is 11.8 Å². The van der Waals surface area contributed by atoms with Crippen LogP contribution in [0.4, 0.5) is 26.2 Å². The molecule has 0 aliphatic carbocycles. The number of ether oxygens (including phenoxy) is 1. The number of hydrogen-bond acceptors (Lipinski definition) is 5. The Balaban J connectivity index is 2.30. The second kappa shape index (κ2) is 4.82. The molecule has 2 rings (SSSR count). The molecule has 0 saturated carbocycles. The monoisotopic (exact) mass is 252 g/mol. The van der Waals surface area contributed by atoms with Crippen LogP contribution in [0.1, 0.15) is 0 Å². The third-order valence-electron chi connectivity index (χ3n) is 2.06. The van der Waals surface area contributed by atoms with E-state index in [1.807, 2.05) is 0 Å². The average molecular weight is 252 g/mol. The van der Waals surface area contributed by atoms with Gasteiger partial charge >= 0.3 is 0 Å². The van der Waals surface area contributed by atoms with Crippen molar-refractivity contribution in [3.63, 3.8) is 0 Å². The maximum atomic E-state index is 13.0. The fraction of sp³-hybridized carbons (Fsp3) is 0.0909. The molecule has 2 aromatic rings. The minimum atomic E-state index is -0.688. The van der Waals surface area contributed by atoms with Crippen LogP contribution in [-0.2, 0) is 0 Å². The van der Waals surface area contributed by atoms with Crippen molar-refractivity contribution >= 4 is 17.5 Å². The zero-order valence-electron chi connectivity index (χ0n) is 9.45. The number of rotatable bonds is 3. The second-order valence-electron chi connectivity index (χ2n) is 3.44. The van der Waals surface area contributed by atoms with Gasteiger partial charge in [0.25, 0.3) is 0 Å². The number of benzene rings is 1. The van der Waals surface area contributed by atoms with Crippen LogP contribution in [0.25, 0.3) is 0 Å². The molecule has 0 saturated heterocycles. The summed E-state index contributed by atoms with van der Waals surface area (Å²) >= 11 is 0. The molecule has 0 aliphatic heterocycles. The normalized spacial score (nSPS) is 10.2. The van der Waals surface area contributed by atoms with Crippen molar-refractivity contribution < 1.29 is 13.5 Å². The van der Waals surface area contributed by atoms with Gasteiger partial charge in [0.05, 0.1) is 7.11 Å². The molecular weight excluding hydrogens is 242 g/mol. The van der Waals surface area contributed by atoms with Crippen LogP contribution in [0, 0.1) is 11.6 Å². The van der Waals surface area contributed by atoms with Crippen LogP contribution < -0.4 is 15.8 Å². The molecule has 0 aliphatic rings. The summed E-state index contributed by atoms with van der Waals surface area (Å²) in [6.45, 7) is 0. The molecule has 0 amide bonds. The van der Waals surface area contributed by atoms with Gasteiger partial charge in [-0.15, -0.1) is 0 Å². The highest BCUT2D eigenvalue weighted by Gasteiger charge is 2.05. The lowest BCUT2D eigenvalue weighted by molar-refractivity contribution is 0.398. The Bertz CT molecular complexity index is 557. The van der Waals surface area contributed by atoms with Gasteiger partial charge in [0, 0.05) is 17.8 Å². The number of methoxy groups -OCH3 is 1. The highest BCUT2D eigenvalue weighted by Crippen LogP contribution is 2.20. The molecule has 0 bridgehead atoms. The molecule has 7 heteroatoms. The van der Waals surface area contributed by atoms with E-state index in [2.05, 4.69) is 15.3 Å². The predicted molar refractivity (Wildman–Crippen MR) is 62.6 cm³/mol. The standard InChI is InChI=1S/C11H10F2N4O/c1-18-10-5-9(16-11(14)17-10)15-8-3-6(12)2-7(13)4-8/h2-5H,1H3,(H3,14,15,16,17). The van der Waals surface area contributed by atoms with Crippen molar-refractivity contribution in [2.24, 2.45) is 0 Å². The minimum absolute atomic E-state index is 0.00581. The number of aromatic nitrogens is 2. The van der Waals surface area contributed by atoms with Crippen LogP contribution >= 0.6 is 0 Å². The molecule has 1 heterocycles. The summed E-state index contributed by atoms with van der Waals surface area (Å²) < 4.78 is 30.9. The summed E-state index contributed by atoms with van der Waals surface area (Å²) in [4.78, 5) is 7.65. The Hall–Kier alpha value is -2.44. The first kappa shape index (κ1) is 12.0. The Morgan fingerprint density at radius 1 is 1.11 bits per heavy atom. The van der Waals surface area contributed by atoms with Gasteiger partial charge in [-0.25, -0.2) is 8.78 Å². The molecule has 0 atom stereocenters. The van der Waals surface area contributed by atoms with Gasteiger partial charge < -0.3 is 15.8 Å². The summed E-state index contributed by atoms with van der Waals surface area (Å²) in [6.07, 6.45) is 0. The van der Waals surface area contributed by atoms with Crippen molar-refractivity contribution in [3.05, 3.63) is 35.9 Å². The van der Waals surface area contributed by atoms with Gasteiger partial charge in [0.1, 0.15) is 17.5 Å². The fourth-order valence-corrected chi connectivity index (χ4v) is 1.39. The van der Waals surface area contributed by atoms with Crippen LogP contribution in [-0.4, -0.2) is 17.1 Å². The lowest BCUT2D eigenvalue weighted by Crippen LogP contribution is -2.02. The van der Waals surface area contributed by atoms with Crippen LogP contribution in [0.3, 0.4) is 0 Å². The third kappa shape index (κ3) is 2.82. The Morgan fingerprint density at radius 2 is 1.78 bits per heavy atom. The first-order chi connectivity index (χ1) is 8.56. The van der Waals surface area contributed by atoms with Crippen molar-refractivity contribution in [1.29, 1.82) is 0 Å². The van der Waals surface area contributed by atoms with Crippen molar-refractivity contribution in [2.75, 3.05) is 18.2 Å². The average Bonchev–Trinajstić information content (AvgIpc) is 2.26. The number of nitrogens with zero attached hydrogens (tertiary/aromatic N) is 2. The highest BCUT2D eigenvalue weighted by molar-refractivity contribution is 5.58. The topological polar surface area (TPSA) is 73.1 Å². The lowest BCUT2D eigenvalue weighted by Gasteiger charge is -2.08. The Kier molecular flexibility index (Phi) is 3.22. The SMILES string of the molecule is COc1cc(Nc2cc(F)cc(F)c2)nc(N)n1. The second-order valence-corrected chi connectivity index (χ2v) is 3.44. The highest BCUT2D eigenvalue weighted by atomic mass is 19.1. The summed E-state index contributed by atoms with van der Waals surface area (Å²) in [5.74, 6) is -0.849. The molecule has 0 spiro atoms. The largest absolute Gasteiger partial charge is 0.481 e. The quantitative estimate of drug-likeness (QED) is 0.875. The van der Waals surface area contributed by atoms with E-state index in [1.165, 1.54) is 13.2 Å². The van der Waals surface area contributed by atoms with E-state index in [-0.39, 0.29) is 23.3 Å². The summed E-state index contributed by atoms with van der Waals surface area (Å²) in [5.41, 5.74) is 5.67. The molecule has 1 aromatic heterocycles. The van der Waals surface area contributed by atoms with E-state index >= 15 is 0 Å². The first-order valence-corrected chi connectivity index (χ1v) is 4.98. The van der Waals surface area contributed by atoms with Gasteiger partial charge in [-0.1, -0.05) is 0 Å². The molecular formula is C11H10F2N4O. The predicted octanol–water partition coefficient (Wildman–Crippen LogP) is 2.09. The molecule has 5 nitrogen and oxygen atoms in total. The first-order valence-electron chi connectivity index (χ1n) is 4.98. The van der Waals surface area contributed by atoms with Gasteiger partial charge in [-0.2, -0.15) is 9.97 Å². The smallest absolute Gasteiger partial charge is 0.225 e. The Morgan fingerprint density at radius 3 is 2.39 bits per heavy atom. The van der Waals surface area contributed by atoms with E-state index in [9.17, 15) is 8.78 Å². The molecule has 0 radical (unpaired) electrons. The van der Waals surface area contributed by atoms with Crippen molar-refractivity contribution in [1.82, 2.24) is 9.97 Å². The fourth-order valence-electron chi connectivity index (χ4n) is 1.39. The number of nitrogen functional groups attached to an aromatic ring is 1. The maximum Gasteiger partial charge on any atom is 0.225 e. The summed E-state index contributed by atoms with van der Waals surface area (Å²) in [7, 11) is 1.42. The summed E-state index contributed by atoms with van der Waals surface area (Å²) in [5, 5.41) is 2.71. The van der Waals surface area contributed by atoms with Gasteiger partial charge in [-0.05, 0) is 12.1 Å². The van der Waals surface area contributed by atoms with Gasteiger partial charge in [0.15, 0.2) is 0 Å². The van der Waals surface area contributed by atoms with Crippen molar-refractivity contribution in [3.8, 4) is 5.88 Å². The number of hydrogen-bond donors (Lipinski definition) is 2.